The molecule has 0 aliphatic rings. The van der Waals surface area contributed by atoms with E-state index < -0.39 is 11.8 Å². The summed E-state index contributed by atoms with van der Waals surface area (Å²) in [6, 6.07) is 13.0. The summed E-state index contributed by atoms with van der Waals surface area (Å²) < 4.78 is 14.8. The van der Waals surface area contributed by atoms with E-state index in [1.54, 1.807) is 28.9 Å². The third kappa shape index (κ3) is 4.51. The Hall–Kier alpha value is -3.48. The molecule has 29 heavy (non-hydrogen) atoms. The SMILES string of the molecule is CCc1ccc(C(=O)NNC(=O)c2cnn(-c3ccc(F)cc3)c2C(C)C)cc1. The van der Waals surface area contributed by atoms with Gasteiger partial charge in [0.2, 0.25) is 0 Å². The molecule has 0 atom stereocenters. The number of aromatic nitrogens is 2. The summed E-state index contributed by atoms with van der Waals surface area (Å²) >= 11 is 0. The summed E-state index contributed by atoms with van der Waals surface area (Å²) in [5, 5.41) is 4.28. The number of nitrogens with zero attached hydrogens (tertiary/aromatic N) is 2. The summed E-state index contributed by atoms with van der Waals surface area (Å²) in [5.41, 5.74) is 8.10. The number of hydrogen-bond donors (Lipinski definition) is 2. The summed E-state index contributed by atoms with van der Waals surface area (Å²) in [6.45, 7) is 5.90. The van der Waals surface area contributed by atoms with Crippen LogP contribution in [0.25, 0.3) is 5.69 Å². The lowest BCUT2D eigenvalue weighted by Gasteiger charge is -2.13. The van der Waals surface area contributed by atoms with Crippen molar-refractivity contribution in [2.24, 2.45) is 0 Å². The molecule has 0 spiro atoms. The average Bonchev–Trinajstić information content (AvgIpc) is 3.18. The molecule has 0 aliphatic carbocycles. The first-order chi connectivity index (χ1) is 13.9. The van der Waals surface area contributed by atoms with E-state index in [1.165, 1.54) is 18.3 Å². The van der Waals surface area contributed by atoms with Gasteiger partial charge in [-0.15, -0.1) is 0 Å². The van der Waals surface area contributed by atoms with Crippen molar-refractivity contribution in [3.05, 3.63) is 82.9 Å². The van der Waals surface area contributed by atoms with Gasteiger partial charge in [-0.25, -0.2) is 9.07 Å². The van der Waals surface area contributed by atoms with E-state index in [0.717, 1.165) is 12.0 Å². The summed E-state index contributed by atoms with van der Waals surface area (Å²) in [5.74, 6) is -1.25. The fourth-order valence-corrected chi connectivity index (χ4v) is 3.02. The monoisotopic (exact) mass is 394 g/mol. The van der Waals surface area contributed by atoms with Crippen LogP contribution in [0, 0.1) is 5.82 Å². The van der Waals surface area contributed by atoms with Gasteiger partial charge in [-0.1, -0.05) is 32.9 Å². The maximum atomic E-state index is 13.2. The highest BCUT2D eigenvalue weighted by Gasteiger charge is 2.21. The molecule has 150 valence electrons. The molecule has 1 aromatic heterocycles. The Morgan fingerprint density at radius 1 is 1.00 bits per heavy atom. The molecule has 3 aromatic rings. The molecular formula is C22H23FN4O2. The van der Waals surface area contributed by atoms with Gasteiger partial charge >= 0.3 is 0 Å². The molecule has 0 radical (unpaired) electrons. The highest BCUT2D eigenvalue weighted by atomic mass is 19.1. The molecule has 0 fully saturated rings. The number of halogens is 1. The first-order valence-corrected chi connectivity index (χ1v) is 9.44. The predicted molar refractivity (Wildman–Crippen MR) is 108 cm³/mol. The summed E-state index contributed by atoms with van der Waals surface area (Å²) in [4.78, 5) is 24.9. The fourth-order valence-electron chi connectivity index (χ4n) is 3.02. The molecule has 2 N–H and O–H groups in total. The van der Waals surface area contributed by atoms with Gasteiger partial charge in [0, 0.05) is 5.56 Å². The Bertz CT molecular complexity index is 1010. The van der Waals surface area contributed by atoms with Crippen LogP contribution in [0.15, 0.2) is 54.7 Å². The number of aryl methyl sites for hydroxylation is 1. The first kappa shape index (κ1) is 20.3. The van der Waals surface area contributed by atoms with E-state index in [4.69, 9.17) is 0 Å². The van der Waals surface area contributed by atoms with Crippen molar-refractivity contribution < 1.29 is 14.0 Å². The van der Waals surface area contributed by atoms with E-state index in [9.17, 15) is 14.0 Å². The van der Waals surface area contributed by atoms with Crippen LogP contribution in [-0.4, -0.2) is 21.6 Å². The van der Waals surface area contributed by atoms with Crippen molar-refractivity contribution in [3.63, 3.8) is 0 Å². The van der Waals surface area contributed by atoms with Gasteiger partial charge < -0.3 is 0 Å². The smallest absolute Gasteiger partial charge is 0.267 e. The van der Waals surface area contributed by atoms with Crippen LogP contribution in [0.4, 0.5) is 4.39 Å². The maximum Gasteiger partial charge on any atom is 0.273 e. The van der Waals surface area contributed by atoms with Crippen molar-refractivity contribution in [2.75, 3.05) is 0 Å². The number of carbonyl (C=O) groups is 2. The quantitative estimate of drug-likeness (QED) is 0.647. The van der Waals surface area contributed by atoms with Crippen LogP contribution in [-0.2, 0) is 6.42 Å². The Kier molecular flexibility index (Phi) is 6.07. The number of amides is 2. The number of carbonyl (C=O) groups excluding carboxylic acids is 2. The second kappa shape index (κ2) is 8.68. The van der Waals surface area contributed by atoms with E-state index in [1.807, 2.05) is 32.9 Å². The van der Waals surface area contributed by atoms with Crippen LogP contribution >= 0.6 is 0 Å². The number of rotatable bonds is 5. The first-order valence-electron chi connectivity index (χ1n) is 9.44. The summed E-state index contributed by atoms with van der Waals surface area (Å²) in [7, 11) is 0. The molecule has 3 rings (SSSR count). The zero-order valence-corrected chi connectivity index (χ0v) is 16.6. The predicted octanol–water partition coefficient (Wildman–Crippen LogP) is 3.77. The third-order valence-corrected chi connectivity index (χ3v) is 4.58. The van der Waals surface area contributed by atoms with Crippen LogP contribution in [0.1, 0.15) is 58.7 Å². The molecule has 6 nitrogen and oxygen atoms in total. The molecule has 2 amide bonds. The average molecular weight is 394 g/mol. The van der Waals surface area contributed by atoms with E-state index in [0.29, 0.717) is 22.5 Å². The van der Waals surface area contributed by atoms with Crippen molar-refractivity contribution in [3.8, 4) is 5.69 Å². The minimum absolute atomic E-state index is 0.0272. The molecule has 0 bridgehead atoms. The van der Waals surface area contributed by atoms with E-state index in [2.05, 4.69) is 16.0 Å². The van der Waals surface area contributed by atoms with Crippen molar-refractivity contribution in [1.29, 1.82) is 0 Å². The molecule has 1 heterocycles. The molecule has 0 saturated carbocycles. The molecule has 0 saturated heterocycles. The van der Waals surface area contributed by atoms with Gasteiger partial charge in [-0.3, -0.25) is 20.4 Å². The second-order valence-corrected chi connectivity index (χ2v) is 6.95. The molecular weight excluding hydrogens is 371 g/mol. The minimum atomic E-state index is -0.472. The van der Waals surface area contributed by atoms with Gasteiger partial charge in [0.05, 0.1) is 23.1 Å². The van der Waals surface area contributed by atoms with Crippen LogP contribution in [0.2, 0.25) is 0 Å². The van der Waals surface area contributed by atoms with Crippen molar-refractivity contribution in [2.45, 2.75) is 33.1 Å². The molecule has 0 aliphatic heterocycles. The van der Waals surface area contributed by atoms with Crippen LogP contribution in [0.5, 0.6) is 0 Å². The highest BCUT2D eigenvalue weighted by Crippen LogP contribution is 2.23. The Morgan fingerprint density at radius 2 is 1.62 bits per heavy atom. The Balaban J connectivity index is 1.76. The lowest BCUT2D eigenvalue weighted by atomic mass is 10.1. The number of benzene rings is 2. The lowest BCUT2D eigenvalue weighted by molar-refractivity contribution is 0.0846. The molecule has 0 unspecified atom stereocenters. The van der Waals surface area contributed by atoms with Crippen LogP contribution in [0.3, 0.4) is 0 Å². The largest absolute Gasteiger partial charge is 0.273 e. The van der Waals surface area contributed by atoms with E-state index >= 15 is 0 Å². The van der Waals surface area contributed by atoms with Gasteiger partial charge in [-0.05, 0) is 54.3 Å². The highest BCUT2D eigenvalue weighted by molar-refractivity contribution is 5.99. The van der Waals surface area contributed by atoms with E-state index in [-0.39, 0.29) is 11.7 Å². The Morgan fingerprint density at radius 3 is 2.21 bits per heavy atom. The van der Waals surface area contributed by atoms with Crippen molar-refractivity contribution >= 4 is 11.8 Å². The number of hydrogen-bond acceptors (Lipinski definition) is 3. The number of hydrazine groups is 1. The third-order valence-electron chi connectivity index (χ3n) is 4.58. The maximum absolute atomic E-state index is 13.2. The molecule has 7 heteroatoms. The van der Waals surface area contributed by atoms with Crippen molar-refractivity contribution in [1.82, 2.24) is 20.6 Å². The summed E-state index contributed by atoms with van der Waals surface area (Å²) in [6.07, 6.45) is 2.32. The van der Waals surface area contributed by atoms with Gasteiger partial charge in [0.1, 0.15) is 5.82 Å². The van der Waals surface area contributed by atoms with Gasteiger partial charge in [0.25, 0.3) is 11.8 Å². The zero-order chi connectivity index (χ0) is 21.0. The number of nitrogens with one attached hydrogen (secondary N) is 2. The standard InChI is InChI=1S/C22H23FN4O2/c1-4-15-5-7-16(8-6-15)21(28)25-26-22(29)19-13-24-27(20(19)14(2)3)18-11-9-17(23)10-12-18/h5-14H,4H2,1-3H3,(H,25,28)(H,26,29). The Labute approximate surface area is 168 Å². The normalized spacial score (nSPS) is 10.8. The second-order valence-electron chi connectivity index (χ2n) is 6.95. The minimum Gasteiger partial charge on any atom is -0.267 e. The van der Waals surface area contributed by atoms with Gasteiger partial charge in [0.15, 0.2) is 0 Å². The topological polar surface area (TPSA) is 76.0 Å². The fraction of sp³-hybridized carbons (Fsp3) is 0.227. The lowest BCUT2D eigenvalue weighted by Crippen LogP contribution is -2.41. The zero-order valence-electron chi connectivity index (χ0n) is 16.6. The van der Waals surface area contributed by atoms with Gasteiger partial charge in [-0.2, -0.15) is 5.10 Å². The molecule has 2 aromatic carbocycles. The van der Waals surface area contributed by atoms with Crippen LogP contribution < -0.4 is 10.9 Å².